The molecule has 1 aliphatic heterocycles. The number of benzene rings is 1. The SMILES string of the molecule is COc1cccc(C2(O)CCCC3NCCC32)c1. The maximum atomic E-state index is 11.1. The maximum Gasteiger partial charge on any atom is 0.119 e. The lowest BCUT2D eigenvalue weighted by Gasteiger charge is -2.42. The predicted octanol–water partition coefficient (Wildman–Crippen LogP) is 2.04. The average Bonchev–Trinajstić information content (AvgIpc) is 2.89. The normalized spacial score (nSPS) is 35.2. The van der Waals surface area contributed by atoms with Gasteiger partial charge in [0.15, 0.2) is 0 Å². The molecule has 0 amide bonds. The molecule has 0 radical (unpaired) electrons. The minimum Gasteiger partial charge on any atom is -0.497 e. The molecule has 1 heterocycles. The molecule has 18 heavy (non-hydrogen) atoms. The molecule has 2 aliphatic rings. The van der Waals surface area contributed by atoms with Crippen LogP contribution in [0.5, 0.6) is 5.75 Å². The van der Waals surface area contributed by atoms with Gasteiger partial charge in [0, 0.05) is 12.0 Å². The summed E-state index contributed by atoms with van der Waals surface area (Å²) in [5.74, 6) is 1.17. The van der Waals surface area contributed by atoms with Crippen LogP contribution in [0.15, 0.2) is 24.3 Å². The van der Waals surface area contributed by atoms with Crippen molar-refractivity contribution in [1.82, 2.24) is 5.32 Å². The molecule has 1 aromatic rings. The highest BCUT2D eigenvalue weighted by Gasteiger charge is 2.47. The molecule has 98 valence electrons. The number of ether oxygens (including phenoxy) is 1. The van der Waals surface area contributed by atoms with Gasteiger partial charge in [-0.3, -0.25) is 0 Å². The summed E-state index contributed by atoms with van der Waals surface area (Å²) in [4.78, 5) is 0. The van der Waals surface area contributed by atoms with Crippen LogP contribution in [0, 0.1) is 5.92 Å². The van der Waals surface area contributed by atoms with Crippen LogP contribution in [-0.4, -0.2) is 24.8 Å². The van der Waals surface area contributed by atoms with Gasteiger partial charge in [-0.05, 0) is 49.9 Å². The van der Waals surface area contributed by atoms with Crippen LogP contribution in [0.25, 0.3) is 0 Å². The number of fused-ring (bicyclic) bond motifs is 1. The molecule has 3 unspecified atom stereocenters. The smallest absolute Gasteiger partial charge is 0.119 e. The monoisotopic (exact) mass is 247 g/mol. The van der Waals surface area contributed by atoms with Gasteiger partial charge in [0.2, 0.25) is 0 Å². The van der Waals surface area contributed by atoms with Crippen molar-refractivity contribution in [1.29, 1.82) is 0 Å². The first kappa shape index (κ1) is 12.0. The summed E-state index contributed by atoms with van der Waals surface area (Å²) in [7, 11) is 1.67. The van der Waals surface area contributed by atoms with Gasteiger partial charge < -0.3 is 15.2 Å². The number of nitrogens with one attached hydrogen (secondary N) is 1. The van der Waals surface area contributed by atoms with E-state index < -0.39 is 5.60 Å². The van der Waals surface area contributed by atoms with Gasteiger partial charge in [0.05, 0.1) is 12.7 Å². The number of hydrogen-bond donors (Lipinski definition) is 2. The topological polar surface area (TPSA) is 41.5 Å². The second kappa shape index (κ2) is 4.56. The van der Waals surface area contributed by atoms with E-state index in [4.69, 9.17) is 4.74 Å². The highest BCUT2D eigenvalue weighted by Crippen LogP contribution is 2.45. The third kappa shape index (κ3) is 1.82. The summed E-state index contributed by atoms with van der Waals surface area (Å²) in [5.41, 5.74) is 0.335. The first-order chi connectivity index (χ1) is 8.74. The van der Waals surface area contributed by atoms with E-state index in [9.17, 15) is 5.11 Å². The standard InChI is InChI=1S/C15H21NO2/c1-18-12-5-2-4-11(10-12)15(17)8-3-6-14-13(15)7-9-16-14/h2,4-5,10,13-14,16-17H,3,6-9H2,1H3. The molecule has 0 aromatic heterocycles. The highest BCUT2D eigenvalue weighted by molar-refractivity contribution is 5.34. The van der Waals surface area contributed by atoms with Gasteiger partial charge in [-0.1, -0.05) is 12.1 Å². The summed E-state index contributed by atoms with van der Waals surface area (Å²) >= 11 is 0. The van der Waals surface area contributed by atoms with Crippen LogP contribution >= 0.6 is 0 Å². The highest BCUT2D eigenvalue weighted by atomic mass is 16.5. The van der Waals surface area contributed by atoms with E-state index in [2.05, 4.69) is 5.32 Å². The van der Waals surface area contributed by atoms with E-state index in [1.807, 2.05) is 24.3 Å². The fraction of sp³-hybridized carbons (Fsp3) is 0.600. The summed E-state index contributed by atoms with van der Waals surface area (Å²) in [6.07, 6.45) is 4.21. The van der Waals surface area contributed by atoms with Crippen molar-refractivity contribution in [2.75, 3.05) is 13.7 Å². The molecule has 1 saturated heterocycles. The van der Waals surface area contributed by atoms with E-state index in [1.165, 1.54) is 6.42 Å². The summed E-state index contributed by atoms with van der Waals surface area (Å²) < 4.78 is 5.28. The Morgan fingerprint density at radius 2 is 2.28 bits per heavy atom. The van der Waals surface area contributed by atoms with Crippen LogP contribution in [0.3, 0.4) is 0 Å². The second-order valence-corrected chi connectivity index (χ2v) is 5.50. The van der Waals surface area contributed by atoms with E-state index >= 15 is 0 Å². The lowest BCUT2D eigenvalue weighted by Crippen LogP contribution is -2.45. The number of rotatable bonds is 2. The van der Waals surface area contributed by atoms with Crippen LogP contribution in [0.4, 0.5) is 0 Å². The third-order valence-electron chi connectivity index (χ3n) is 4.60. The van der Waals surface area contributed by atoms with Crippen molar-refractivity contribution >= 4 is 0 Å². The Balaban J connectivity index is 1.96. The Labute approximate surface area is 108 Å². The number of aliphatic hydroxyl groups is 1. The molecule has 1 aliphatic carbocycles. The Morgan fingerprint density at radius 1 is 1.39 bits per heavy atom. The molecule has 3 nitrogen and oxygen atoms in total. The molecule has 3 atom stereocenters. The second-order valence-electron chi connectivity index (χ2n) is 5.50. The molecule has 2 N–H and O–H groups in total. The lowest BCUT2D eigenvalue weighted by molar-refractivity contribution is -0.0570. The molecular weight excluding hydrogens is 226 g/mol. The average molecular weight is 247 g/mol. The van der Waals surface area contributed by atoms with E-state index in [0.29, 0.717) is 12.0 Å². The fourth-order valence-electron chi connectivity index (χ4n) is 3.67. The maximum absolute atomic E-state index is 11.1. The zero-order chi connectivity index (χ0) is 12.6. The van der Waals surface area contributed by atoms with E-state index in [0.717, 1.165) is 37.1 Å². The number of hydrogen-bond acceptors (Lipinski definition) is 3. The predicted molar refractivity (Wildman–Crippen MR) is 70.6 cm³/mol. The molecule has 0 spiro atoms. The third-order valence-corrected chi connectivity index (χ3v) is 4.60. The molecule has 3 rings (SSSR count). The van der Waals surface area contributed by atoms with Crippen molar-refractivity contribution in [3.05, 3.63) is 29.8 Å². The molecule has 2 fully saturated rings. The Morgan fingerprint density at radius 3 is 3.11 bits per heavy atom. The van der Waals surface area contributed by atoms with E-state index in [1.54, 1.807) is 7.11 Å². The molecule has 0 bridgehead atoms. The van der Waals surface area contributed by atoms with Crippen molar-refractivity contribution in [2.24, 2.45) is 5.92 Å². The van der Waals surface area contributed by atoms with Gasteiger partial charge in [-0.25, -0.2) is 0 Å². The van der Waals surface area contributed by atoms with Crippen molar-refractivity contribution < 1.29 is 9.84 Å². The summed E-state index contributed by atoms with van der Waals surface area (Å²) in [6, 6.07) is 8.40. The minimum absolute atomic E-state index is 0.346. The Bertz CT molecular complexity index is 434. The Hall–Kier alpha value is -1.06. The van der Waals surface area contributed by atoms with Crippen molar-refractivity contribution in [3.63, 3.8) is 0 Å². The largest absolute Gasteiger partial charge is 0.497 e. The van der Waals surface area contributed by atoms with Crippen molar-refractivity contribution in [3.8, 4) is 5.75 Å². The number of methoxy groups -OCH3 is 1. The summed E-state index contributed by atoms with van der Waals surface area (Å²) in [5, 5.41) is 14.7. The van der Waals surface area contributed by atoms with Gasteiger partial charge in [0.1, 0.15) is 5.75 Å². The summed E-state index contributed by atoms with van der Waals surface area (Å²) in [6.45, 7) is 1.03. The Kier molecular flexibility index (Phi) is 3.04. The molecule has 1 aromatic carbocycles. The fourth-order valence-corrected chi connectivity index (χ4v) is 3.67. The van der Waals surface area contributed by atoms with Gasteiger partial charge in [-0.15, -0.1) is 0 Å². The molecular formula is C15H21NO2. The molecule has 1 saturated carbocycles. The molecule has 3 heteroatoms. The van der Waals surface area contributed by atoms with Crippen LogP contribution in [-0.2, 0) is 5.60 Å². The van der Waals surface area contributed by atoms with E-state index in [-0.39, 0.29) is 0 Å². The first-order valence-electron chi connectivity index (χ1n) is 6.84. The van der Waals surface area contributed by atoms with Crippen LogP contribution < -0.4 is 10.1 Å². The van der Waals surface area contributed by atoms with Gasteiger partial charge in [0.25, 0.3) is 0 Å². The first-order valence-corrected chi connectivity index (χ1v) is 6.84. The van der Waals surface area contributed by atoms with Crippen LogP contribution in [0.2, 0.25) is 0 Å². The lowest BCUT2D eigenvalue weighted by atomic mass is 9.69. The zero-order valence-corrected chi connectivity index (χ0v) is 10.9. The van der Waals surface area contributed by atoms with Gasteiger partial charge >= 0.3 is 0 Å². The minimum atomic E-state index is -0.680. The zero-order valence-electron chi connectivity index (χ0n) is 10.9. The quantitative estimate of drug-likeness (QED) is 0.840. The van der Waals surface area contributed by atoms with Crippen LogP contribution in [0.1, 0.15) is 31.2 Å². The van der Waals surface area contributed by atoms with Crippen molar-refractivity contribution in [2.45, 2.75) is 37.3 Å². The van der Waals surface area contributed by atoms with Gasteiger partial charge in [-0.2, -0.15) is 0 Å².